The zero-order chi connectivity index (χ0) is 28.6. The number of benzene rings is 3. The van der Waals surface area contributed by atoms with Crippen molar-refractivity contribution in [1.82, 2.24) is 0 Å². The first-order valence-electron chi connectivity index (χ1n) is 13.1. The van der Waals surface area contributed by atoms with Crippen molar-refractivity contribution in [3.05, 3.63) is 106 Å². The number of nitrogens with one attached hydrogen (secondary N) is 2. The first-order valence-corrected chi connectivity index (χ1v) is 13.1. The second-order valence-corrected chi connectivity index (χ2v) is 8.93. The lowest BCUT2D eigenvalue weighted by atomic mass is 10.0. The third kappa shape index (κ3) is 6.01. The van der Waals surface area contributed by atoms with E-state index in [1.807, 2.05) is 62.4 Å². The molecule has 0 saturated carbocycles. The molecule has 0 aliphatic carbocycles. The number of nitro benzene ring substituents is 1. The Bertz CT molecular complexity index is 1470. The molecule has 1 heterocycles. The van der Waals surface area contributed by atoms with Crippen LogP contribution in [0.1, 0.15) is 31.9 Å². The fourth-order valence-corrected chi connectivity index (χ4v) is 4.38. The summed E-state index contributed by atoms with van der Waals surface area (Å²) < 4.78 is 5.39. The van der Waals surface area contributed by atoms with Crippen LogP contribution >= 0.6 is 0 Å². The van der Waals surface area contributed by atoms with Crippen LogP contribution in [0.25, 0.3) is 0 Å². The van der Waals surface area contributed by atoms with Crippen molar-refractivity contribution in [3.63, 3.8) is 0 Å². The summed E-state index contributed by atoms with van der Waals surface area (Å²) in [5, 5.41) is 23.3. The van der Waals surface area contributed by atoms with Crippen molar-refractivity contribution in [2.45, 2.75) is 39.7 Å². The van der Waals surface area contributed by atoms with E-state index in [0.717, 1.165) is 40.4 Å². The highest BCUT2D eigenvalue weighted by molar-refractivity contribution is 6.35. The first-order chi connectivity index (χ1) is 19.4. The molecule has 3 aromatic rings. The number of amides is 1. The third-order valence-electron chi connectivity index (χ3n) is 6.48. The van der Waals surface area contributed by atoms with Gasteiger partial charge in [-0.15, -0.1) is 0 Å². The van der Waals surface area contributed by atoms with Crippen LogP contribution in [0.3, 0.4) is 0 Å². The molecule has 0 spiro atoms. The molecule has 1 atom stereocenters. The fourth-order valence-electron chi connectivity index (χ4n) is 4.38. The van der Waals surface area contributed by atoms with E-state index in [4.69, 9.17) is 4.74 Å². The molecule has 4 rings (SSSR count). The maximum absolute atomic E-state index is 13.8. The number of para-hydroxylation sites is 2. The SMILES string of the molecule is CCOC(=O)C(Nc1ccccc1CC)C1=NN(c2ccc([N+](=O)[O-])cc2)C(=O)C1=CNc1ccccc1CC. The summed E-state index contributed by atoms with van der Waals surface area (Å²) >= 11 is 0. The molecule has 10 heteroatoms. The van der Waals surface area contributed by atoms with Crippen LogP contribution in [0.5, 0.6) is 0 Å². The number of rotatable bonds is 11. The lowest BCUT2D eigenvalue weighted by molar-refractivity contribution is -0.384. The van der Waals surface area contributed by atoms with Gasteiger partial charge in [0.2, 0.25) is 0 Å². The second-order valence-electron chi connectivity index (χ2n) is 8.93. The third-order valence-corrected chi connectivity index (χ3v) is 6.48. The number of esters is 1. The van der Waals surface area contributed by atoms with E-state index >= 15 is 0 Å². The largest absolute Gasteiger partial charge is 0.464 e. The van der Waals surface area contributed by atoms with Gasteiger partial charge in [0.25, 0.3) is 11.6 Å². The number of hydrogen-bond acceptors (Lipinski definition) is 8. The van der Waals surface area contributed by atoms with Gasteiger partial charge in [-0.05, 0) is 55.2 Å². The smallest absolute Gasteiger partial charge is 0.334 e. The monoisotopic (exact) mass is 541 g/mol. The van der Waals surface area contributed by atoms with E-state index in [1.165, 1.54) is 24.3 Å². The highest BCUT2D eigenvalue weighted by atomic mass is 16.6. The summed E-state index contributed by atoms with van der Waals surface area (Å²) in [5.41, 5.74) is 4.09. The van der Waals surface area contributed by atoms with Gasteiger partial charge in [-0.2, -0.15) is 10.1 Å². The predicted octanol–water partition coefficient (Wildman–Crippen LogP) is 5.46. The van der Waals surface area contributed by atoms with Crippen LogP contribution in [0.2, 0.25) is 0 Å². The molecular formula is C30H31N5O5. The molecule has 1 unspecified atom stereocenters. The van der Waals surface area contributed by atoms with Gasteiger partial charge in [0.05, 0.1) is 22.8 Å². The van der Waals surface area contributed by atoms with Gasteiger partial charge in [0.15, 0.2) is 6.04 Å². The van der Waals surface area contributed by atoms with Crippen LogP contribution in [0, 0.1) is 10.1 Å². The van der Waals surface area contributed by atoms with Gasteiger partial charge < -0.3 is 15.4 Å². The Morgan fingerprint density at radius 1 is 0.975 bits per heavy atom. The summed E-state index contributed by atoms with van der Waals surface area (Å²) in [7, 11) is 0. The van der Waals surface area contributed by atoms with Gasteiger partial charge in [-0.1, -0.05) is 50.2 Å². The summed E-state index contributed by atoms with van der Waals surface area (Å²) in [4.78, 5) is 37.7. The zero-order valence-corrected chi connectivity index (χ0v) is 22.6. The minimum absolute atomic E-state index is 0.115. The van der Waals surface area contributed by atoms with Crippen molar-refractivity contribution in [1.29, 1.82) is 0 Å². The summed E-state index contributed by atoms with van der Waals surface area (Å²) in [6, 6.07) is 19.7. The molecule has 10 nitrogen and oxygen atoms in total. The van der Waals surface area contributed by atoms with Crippen LogP contribution in [0.15, 0.2) is 89.7 Å². The average molecular weight is 542 g/mol. The van der Waals surface area contributed by atoms with Crippen LogP contribution in [-0.2, 0) is 27.2 Å². The number of anilines is 3. The Hall–Kier alpha value is -4.99. The Morgan fingerprint density at radius 2 is 1.57 bits per heavy atom. The maximum atomic E-state index is 13.8. The van der Waals surface area contributed by atoms with Crippen LogP contribution < -0.4 is 15.6 Å². The van der Waals surface area contributed by atoms with E-state index in [1.54, 1.807) is 13.1 Å². The molecule has 0 radical (unpaired) electrons. The van der Waals surface area contributed by atoms with Gasteiger partial charge in [-0.3, -0.25) is 14.9 Å². The number of aryl methyl sites for hydroxylation is 2. The standard InChI is InChI=1S/C30H31N5O5/c1-4-20-11-7-9-13-25(20)31-19-24-27(33-34(29(24)36)22-15-17-23(18-16-22)35(38)39)28(30(37)40-6-3)32-26-14-10-8-12-21(26)5-2/h7-19,28,31-32H,4-6H2,1-3H3. The molecule has 1 amide bonds. The number of nitro groups is 1. The Labute approximate surface area is 232 Å². The minimum Gasteiger partial charge on any atom is -0.464 e. The Balaban J connectivity index is 1.81. The maximum Gasteiger partial charge on any atom is 0.334 e. The summed E-state index contributed by atoms with van der Waals surface area (Å²) in [6.45, 7) is 5.89. The molecule has 0 fully saturated rings. The zero-order valence-electron chi connectivity index (χ0n) is 22.6. The van der Waals surface area contributed by atoms with Crippen molar-refractivity contribution in [2.24, 2.45) is 5.10 Å². The summed E-state index contributed by atoms with van der Waals surface area (Å²) in [5.74, 6) is -1.09. The van der Waals surface area contributed by atoms with E-state index < -0.39 is 22.8 Å². The number of nitrogens with zero attached hydrogens (tertiary/aromatic N) is 3. The van der Waals surface area contributed by atoms with E-state index in [-0.39, 0.29) is 23.6 Å². The second kappa shape index (κ2) is 12.7. The van der Waals surface area contributed by atoms with Crippen molar-refractivity contribution in [2.75, 3.05) is 22.2 Å². The quantitative estimate of drug-likeness (QED) is 0.143. The molecular weight excluding hydrogens is 510 g/mol. The highest BCUT2D eigenvalue weighted by Crippen LogP contribution is 2.29. The summed E-state index contributed by atoms with van der Waals surface area (Å²) in [6.07, 6.45) is 3.04. The number of carbonyl (C=O) groups is 2. The van der Waals surface area contributed by atoms with Gasteiger partial charge in [-0.25, -0.2) is 4.79 Å². The van der Waals surface area contributed by atoms with E-state index in [9.17, 15) is 19.7 Å². The number of ether oxygens (including phenoxy) is 1. The molecule has 1 aliphatic heterocycles. The number of non-ortho nitro benzene ring substituents is 1. The number of hydrogen-bond donors (Lipinski definition) is 2. The first kappa shape index (κ1) is 28.0. The molecule has 2 N–H and O–H groups in total. The fraction of sp³-hybridized carbons (Fsp3) is 0.233. The van der Waals surface area contributed by atoms with Crippen LogP contribution in [-0.4, -0.2) is 35.2 Å². The highest BCUT2D eigenvalue weighted by Gasteiger charge is 2.40. The Kier molecular flexibility index (Phi) is 8.90. The molecule has 0 bridgehead atoms. The molecule has 1 aliphatic rings. The molecule has 0 aromatic heterocycles. The van der Waals surface area contributed by atoms with E-state index in [2.05, 4.69) is 15.7 Å². The number of hydrazone groups is 1. The van der Waals surface area contributed by atoms with Gasteiger partial charge in [0.1, 0.15) is 5.71 Å². The van der Waals surface area contributed by atoms with Crippen molar-refractivity contribution >= 4 is 40.3 Å². The Morgan fingerprint density at radius 3 is 2.17 bits per heavy atom. The van der Waals surface area contributed by atoms with Crippen molar-refractivity contribution < 1.29 is 19.2 Å². The molecule has 0 saturated heterocycles. The lowest BCUT2D eigenvalue weighted by Crippen LogP contribution is -2.40. The minimum atomic E-state index is -1.10. The van der Waals surface area contributed by atoms with Gasteiger partial charge >= 0.3 is 5.97 Å². The molecule has 3 aromatic carbocycles. The molecule has 206 valence electrons. The average Bonchev–Trinajstić information content (AvgIpc) is 3.30. The van der Waals surface area contributed by atoms with E-state index in [0.29, 0.717) is 5.69 Å². The van der Waals surface area contributed by atoms with Crippen LogP contribution in [0.4, 0.5) is 22.7 Å². The van der Waals surface area contributed by atoms with Gasteiger partial charge in [0, 0.05) is 29.7 Å². The van der Waals surface area contributed by atoms with Crippen molar-refractivity contribution in [3.8, 4) is 0 Å². The normalized spacial score (nSPS) is 14.6. The lowest BCUT2D eigenvalue weighted by Gasteiger charge is -2.20. The molecule has 40 heavy (non-hydrogen) atoms. The number of carbonyl (C=O) groups excluding carboxylic acids is 2. The predicted molar refractivity (Wildman–Crippen MR) is 155 cm³/mol. The topological polar surface area (TPSA) is 126 Å².